The molecule has 0 aromatic rings. The lowest BCUT2D eigenvalue weighted by molar-refractivity contribution is -0.870. The predicted octanol–water partition coefficient (Wildman–Crippen LogP) is 8.85. The third-order valence-corrected chi connectivity index (χ3v) is 8.22. The number of nitrogens with zero attached hydrogens (tertiary/aromatic N) is 1. The molecule has 0 aromatic heterocycles. The minimum Gasteiger partial charge on any atom is -0.462 e. The molecule has 10 heteroatoms. The molecule has 0 heterocycles. The number of allylic oxidation sites excluding steroid dienone is 4. The Labute approximate surface area is 275 Å². The third-order valence-electron chi connectivity index (χ3n) is 7.23. The normalized spacial score (nSPS) is 14.2. The van der Waals surface area contributed by atoms with Gasteiger partial charge in [0.1, 0.15) is 19.8 Å². The molecule has 1 unspecified atom stereocenters. The van der Waals surface area contributed by atoms with Gasteiger partial charge >= 0.3 is 19.8 Å². The van der Waals surface area contributed by atoms with Crippen molar-refractivity contribution in [2.45, 2.75) is 142 Å². The van der Waals surface area contributed by atoms with Crippen LogP contribution in [0.25, 0.3) is 0 Å². The molecule has 264 valence electrons. The number of hydrogen-bond donors (Lipinski definition) is 1. The van der Waals surface area contributed by atoms with Crippen LogP contribution in [0.5, 0.6) is 0 Å². The van der Waals surface area contributed by atoms with Crippen molar-refractivity contribution >= 4 is 19.8 Å². The lowest BCUT2D eigenvalue weighted by Gasteiger charge is -2.24. The number of hydrogen-bond acceptors (Lipinski definition) is 7. The first kappa shape index (κ1) is 43.5. The van der Waals surface area contributed by atoms with Crippen LogP contribution in [0.2, 0.25) is 0 Å². The molecule has 0 bridgehead atoms. The van der Waals surface area contributed by atoms with E-state index in [0.29, 0.717) is 17.4 Å². The van der Waals surface area contributed by atoms with Crippen LogP contribution in [-0.4, -0.2) is 74.9 Å². The van der Waals surface area contributed by atoms with Gasteiger partial charge in [-0.2, -0.15) is 0 Å². The maximum Gasteiger partial charge on any atom is 0.472 e. The average molecular weight is 661 g/mol. The van der Waals surface area contributed by atoms with Gasteiger partial charge in [0.15, 0.2) is 6.10 Å². The zero-order valence-corrected chi connectivity index (χ0v) is 30.2. The average Bonchev–Trinajstić information content (AvgIpc) is 2.97. The number of phosphoric acid groups is 1. The molecular weight excluding hydrogens is 593 g/mol. The highest BCUT2D eigenvalue weighted by atomic mass is 31.2. The van der Waals surface area contributed by atoms with E-state index in [2.05, 4.69) is 38.2 Å². The van der Waals surface area contributed by atoms with Gasteiger partial charge in [0, 0.05) is 12.8 Å². The molecule has 0 amide bonds. The van der Waals surface area contributed by atoms with E-state index in [1.165, 1.54) is 38.5 Å². The lowest BCUT2D eigenvalue weighted by atomic mass is 10.1. The van der Waals surface area contributed by atoms with E-state index in [0.717, 1.165) is 64.2 Å². The van der Waals surface area contributed by atoms with Gasteiger partial charge in [-0.05, 0) is 44.9 Å². The van der Waals surface area contributed by atoms with E-state index in [1.807, 2.05) is 21.1 Å². The van der Waals surface area contributed by atoms with Crippen LogP contribution >= 0.6 is 7.82 Å². The molecule has 0 fully saturated rings. The third kappa shape index (κ3) is 32.2. The van der Waals surface area contributed by atoms with Gasteiger partial charge < -0.3 is 18.9 Å². The summed E-state index contributed by atoms with van der Waals surface area (Å²) in [5.74, 6) is -0.827. The van der Waals surface area contributed by atoms with Crippen molar-refractivity contribution in [3.63, 3.8) is 0 Å². The molecule has 0 aromatic carbocycles. The Hall–Kier alpha value is -1.51. The van der Waals surface area contributed by atoms with Gasteiger partial charge in [-0.1, -0.05) is 102 Å². The number of esters is 2. The largest absolute Gasteiger partial charge is 0.472 e. The topological polar surface area (TPSA) is 108 Å². The zero-order chi connectivity index (χ0) is 33.7. The number of unbranched alkanes of at least 4 members (excludes halogenated alkanes) is 13. The predicted molar refractivity (Wildman–Crippen MR) is 183 cm³/mol. The number of quaternary nitrogens is 1. The minimum absolute atomic E-state index is 0.0296. The molecule has 0 rings (SSSR count). The fourth-order valence-electron chi connectivity index (χ4n) is 4.39. The van der Waals surface area contributed by atoms with Crippen LogP contribution in [-0.2, 0) is 32.7 Å². The summed E-state index contributed by atoms with van der Waals surface area (Å²) in [6.45, 7) is 4.28. The molecule has 0 aliphatic heterocycles. The van der Waals surface area contributed by atoms with Crippen LogP contribution in [0.3, 0.4) is 0 Å². The van der Waals surface area contributed by atoms with Crippen molar-refractivity contribution in [3.05, 3.63) is 24.3 Å². The van der Waals surface area contributed by atoms with Crippen molar-refractivity contribution < 1.29 is 42.1 Å². The molecule has 0 aliphatic carbocycles. The van der Waals surface area contributed by atoms with Crippen molar-refractivity contribution in [2.75, 3.05) is 47.5 Å². The summed E-state index contributed by atoms with van der Waals surface area (Å²) in [5.41, 5.74) is 0. The highest BCUT2D eigenvalue weighted by molar-refractivity contribution is 7.47. The molecule has 0 radical (unpaired) electrons. The summed E-state index contributed by atoms with van der Waals surface area (Å²) < 4.78 is 33.9. The summed E-state index contributed by atoms with van der Waals surface area (Å²) in [4.78, 5) is 34.9. The van der Waals surface area contributed by atoms with Crippen LogP contribution < -0.4 is 0 Å². The SMILES string of the molecule is CCCCC/C=C\C/C=C\CCCCCCCC(=O)O[C@H](COC(=O)CCCCCCCC)COP(=O)(O)OCC[N+](C)(C)C. The molecule has 0 aliphatic rings. The number of likely N-dealkylation sites (N-methyl/N-ethyl adjacent to an activating group) is 1. The summed E-state index contributed by atoms with van der Waals surface area (Å²) >= 11 is 0. The Kier molecular flexibility index (Phi) is 27.7. The smallest absolute Gasteiger partial charge is 0.462 e. The molecule has 9 nitrogen and oxygen atoms in total. The van der Waals surface area contributed by atoms with E-state index >= 15 is 0 Å². The van der Waals surface area contributed by atoms with E-state index in [9.17, 15) is 19.0 Å². The Morgan fingerprint density at radius 2 is 1.20 bits per heavy atom. The van der Waals surface area contributed by atoms with Crippen LogP contribution in [0.15, 0.2) is 24.3 Å². The number of rotatable bonds is 31. The van der Waals surface area contributed by atoms with Gasteiger partial charge in [0.2, 0.25) is 0 Å². The Morgan fingerprint density at radius 3 is 1.80 bits per heavy atom. The number of carbonyl (C=O) groups is 2. The maximum absolute atomic E-state index is 12.5. The zero-order valence-electron chi connectivity index (χ0n) is 29.3. The standard InChI is InChI=1S/C35H66NO8P/c1-6-8-10-12-14-15-16-17-18-19-20-21-22-24-26-28-35(38)44-33(31-41-34(37)27-25-23-13-11-9-7-2)32-43-45(39,40)42-30-29-36(3,4)5/h14-15,17-18,33H,6-13,16,19-32H2,1-5H3/p+1/b15-14-,18-17-/t33-/m1/s1. The summed E-state index contributed by atoms with van der Waals surface area (Å²) in [5, 5.41) is 0. The van der Waals surface area contributed by atoms with E-state index in [-0.39, 0.29) is 32.0 Å². The quantitative estimate of drug-likeness (QED) is 0.0258. The molecule has 1 N–H and O–H groups in total. The van der Waals surface area contributed by atoms with Crippen molar-refractivity contribution in [3.8, 4) is 0 Å². The first-order chi connectivity index (χ1) is 21.5. The summed E-state index contributed by atoms with van der Waals surface area (Å²) in [6.07, 6.45) is 26.8. The second-order valence-electron chi connectivity index (χ2n) is 12.9. The molecule has 0 saturated heterocycles. The fraction of sp³-hybridized carbons (Fsp3) is 0.829. The van der Waals surface area contributed by atoms with Crippen LogP contribution in [0.1, 0.15) is 136 Å². The summed E-state index contributed by atoms with van der Waals surface area (Å²) in [6, 6.07) is 0. The van der Waals surface area contributed by atoms with Crippen LogP contribution in [0, 0.1) is 0 Å². The van der Waals surface area contributed by atoms with Gasteiger partial charge in [0.25, 0.3) is 0 Å². The number of ether oxygens (including phenoxy) is 2. The highest BCUT2D eigenvalue weighted by Gasteiger charge is 2.27. The monoisotopic (exact) mass is 660 g/mol. The van der Waals surface area contributed by atoms with Gasteiger partial charge in [-0.25, -0.2) is 4.57 Å². The Morgan fingerprint density at radius 1 is 0.689 bits per heavy atom. The van der Waals surface area contributed by atoms with Crippen molar-refractivity contribution in [1.82, 2.24) is 0 Å². The number of phosphoric ester groups is 1. The fourth-order valence-corrected chi connectivity index (χ4v) is 5.14. The van der Waals surface area contributed by atoms with Gasteiger partial charge in [-0.15, -0.1) is 0 Å². The second-order valence-corrected chi connectivity index (χ2v) is 14.4. The Balaban J connectivity index is 4.44. The van der Waals surface area contributed by atoms with Gasteiger partial charge in [-0.3, -0.25) is 18.6 Å². The minimum atomic E-state index is -4.36. The maximum atomic E-state index is 12.5. The summed E-state index contributed by atoms with van der Waals surface area (Å²) in [7, 11) is 1.46. The molecule has 2 atom stereocenters. The first-order valence-corrected chi connectivity index (χ1v) is 19.1. The molecule has 45 heavy (non-hydrogen) atoms. The molecule has 0 saturated carbocycles. The van der Waals surface area contributed by atoms with Gasteiger partial charge in [0.05, 0.1) is 27.7 Å². The van der Waals surface area contributed by atoms with Crippen molar-refractivity contribution in [2.24, 2.45) is 0 Å². The second kappa shape index (κ2) is 28.7. The highest BCUT2D eigenvalue weighted by Crippen LogP contribution is 2.43. The Bertz CT molecular complexity index is 840. The first-order valence-electron chi connectivity index (χ1n) is 17.6. The molecule has 0 spiro atoms. The number of carbonyl (C=O) groups excluding carboxylic acids is 2. The van der Waals surface area contributed by atoms with E-state index < -0.39 is 26.5 Å². The van der Waals surface area contributed by atoms with Crippen LogP contribution in [0.4, 0.5) is 0 Å². The van der Waals surface area contributed by atoms with Crippen molar-refractivity contribution in [1.29, 1.82) is 0 Å². The molecular formula is C35H67NO8P+. The van der Waals surface area contributed by atoms with E-state index in [1.54, 1.807) is 0 Å². The lowest BCUT2D eigenvalue weighted by Crippen LogP contribution is -2.37. The van der Waals surface area contributed by atoms with E-state index in [4.69, 9.17) is 18.5 Å².